The number of likely N-dealkylation sites (tertiary alicyclic amines) is 1. The van der Waals surface area contributed by atoms with Crippen molar-refractivity contribution in [1.82, 2.24) is 4.90 Å². The van der Waals surface area contributed by atoms with Gasteiger partial charge in [-0.1, -0.05) is 31.4 Å². The van der Waals surface area contributed by atoms with Crippen LogP contribution in [0.15, 0.2) is 18.2 Å². The first-order valence-electron chi connectivity index (χ1n) is 9.93. The lowest BCUT2D eigenvalue weighted by Crippen LogP contribution is -2.37. The van der Waals surface area contributed by atoms with Crippen molar-refractivity contribution in [2.24, 2.45) is 11.1 Å². The zero-order valence-corrected chi connectivity index (χ0v) is 15.9. The maximum Gasteiger partial charge on any atom is 0.256 e. The Balaban J connectivity index is 1.75. The molecule has 1 saturated heterocycles. The first-order valence-corrected chi connectivity index (χ1v) is 9.93. The van der Waals surface area contributed by atoms with E-state index in [-0.39, 0.29) is 17.2 Å². The topological polar surface area (TPSA) is 75.4 Å². The molecule has 142 valence electrons. The van der Waals surface area contributed by atoms with Crippen molar-refractivity contribution >= 4 is 17.5 Å². The van der Waals surface area contributed by atoms with Gasteiger partial charge in [-0.15, -0.1) is 0 Å². The third-order valence-corrected chi connectivity index (χ3v) is 6.04. The molecule has 0 bridgehead atoms. The van der Waals surface area contributed by atoms with Crippen molar-refractivity contribution in [3.05, 3.63) is 29.3 Å². The maximum atomic E-state index is 12.9. The standard InChI is InChI=1S/C21H31N3O2/c1-16-8-7-9-17(19(16)20(26)24-12-5-6-13-24)23-18(25)14-21(15-22)10-3-2-4-11-21/h7-9H,2-6,10-15,22H2,1H3,(H,23,25). The molecular weight excluding hydrogens is 326 g/mol. The first kappa shape index (κ1) is 18.9. The number of anilines is 1. The molecule has 0 spiro atoms. The van der Waals surface area contributed by atoms with Gasteiger partial charge >= 0.3 is 0 Å². The number of nitrogens with zero attached hydrogens (tertiary/aromatic N) is 1. The summed E-state index contributed by atoms with van der Waals surface area (Å²) in [6, 6.07) is 5.66. The molecule has 1 heterocycles. The van der Waals surface area contributed by atoms with Gasteiger partial charge < -0.3 is 16.0 Å². The number of hydrogen-bond acceptors (Lipinski definition) is 3. The van der Waals surface area contributed by atoms with E-state index in [1.54, 1.807) is 0 Å². The van der Waals surface area contributed by atoms with E-state index in [1.165, 1.54) is 6.42 Å². The molecule has 2 amide bonds. The van der Waals surface area contributed by atoms with Crippen molar-refractivity contribution in [1.29, 1.82) is 0 Å². The summed E-state index contributed by atoms with van der Waals surface area (Å²) in [6.07, 6.45) is 8.11. The van der Waals surface area contributed by atoms with Crippen LogP contribution in [0.4, 0.5) is 5.69 Å². The van der Waals surface area contributed by atoms with Gasteiger partial charge in [-0.25, -0.2) is 0 Å². The van der Waals surface area contributed by atoms with Crippen LogP contribution in [0.25, 0.3) is 0 Å². The van der Waals surface area contributed by atoms with Crippen LogP contribution in [0.5, 0.6) is 0 Å². The average Bonchev–Trinajstić information content (AvgIpc) is 3.17. The van der Waals surface area contributed by atoms with Gasteiger partial charge in [-0.2, -0.15) is 0 Å². The molecule has 1 saturated carbocycles. The third-order valence-electron chi connectivity index (χ3n) is 6.04. The van der Waals surface area contributed by atoms with Crippen LogP contribution >= 0.6 is 0 Å². The second-order valence-corrected chi connectivity index (χ2v) is 7.99. The van der Waals surface area contributed by atoms with Crippen molar-refractivity contribution in [3.63, 3.8) is 0 Å². The predicted octanol–water partition coefficient (Wildman–Crippen LogP) is 3.47. The van der Waals surface area contributed by atoms with Crippen molar-refractivity contribution in [2.75, 3.05) is 25.0 Å². The summed E-state index contributed by atoms with van der Waals surface area (Å²) < 4.78 is 0. The van der Waals surface area contributed by atoms with E-state index in [0.29, 0.717) is 24.2 Å². The molecule has 26 heavy (non-hydrogen) atoms. The van der Waals surface area contributed by atoms with E-state index in [1.807, 2.05) is 30.0 Å². The van der Waals surface area contributed by atoms with E-state index in [2.05, 4.69) is 5.32 Å². The van der Waals surface area contributed by atoms with Gasteiger partial charge in [0.05, 0.1) is 11.3 Å². The van der Waals surface area contributed by atoms with E-state index < -0.39 is 0 Å². The highest BCUT2D eigenvalue weighted by atomic mass is 16.2. The van der Waals surface area contributed by atoms with E-state index in [9.17, 15) is 9.59 Å². The summed E-state index contributed by atoms with van der Waals surface area (Å²) in [5.74, 6) is 0.000487. The Morgan fingerprint density at radius 3 is 2.46 bits per heavy atom. The maximum absolute atomic E-state index is 12.9. The van der Waals surface area contributed by atoms with Crippen LogP contribution in [0.3, 0.4) is 0 Å². The van der Waals surface area contributed by atoms with Crippen molar-refractivity contribution in [3.8, 4) is 0 Å². The van der Waals surface area contributed by atoms with Crippen LogP contribution in [-0.2, 0) is 4.79 Å². The number of hydrogen-bond donors (Lipinski definition) is 2. The van der Waals surface area contributed by atoms with Crippen molar-refractivity contribution in [2.45, 2.75) is 58.3 Å². The number of carbonyl (C=O) groups excluding carboxylic acids is 2. The minimum Gasteiger partial charge on any atom is -0.339 e. The molecule has 0 atom stereocenters. The summed E-state index contributed by atoms with van der Waals surface area (Å²) in [6.45, 7) is 4.09. The monoisotopic (exact) mass is 357 g/mol. The average molecular weight is 357 g/mol. The summed E-state index contributed by atoms with van der Waals surface area (Å²) in [5.41, 5.74) is 8.12. The molecule has 2 fully saturated rings. The van der Waals surface area contributed by atoms with E-state index >= 15 is 0 Å². The van der Waals surface area contributed by atoms with Gasteiger partial charge in [0, 0.05) is 19.5 Å². The molecule has 3 N–H and O–H groups in total. The van der Waals surface area contributed by atoms with Gasteiger partial charge in [0.15, 0.2) is 0 Å². The number of rotatable bonds is 5. The highest BCUT2D eigenvalue weighted by molar-refractivity contribution is 6.05. The highest BCUT2D eigenvalue weighted by Gasteiger charge is 2.33. The summed E-state index contributed by atoms with van der Waals surface area (Å²) in [7, 11) is 0. The molecule has 5 heteroatoms. The zero-order chi connectivity index (χ0) is 18.6. The lowest BCUT2D eigenvalue weighted by Gasteiger charge is -2.35. The fraction of sp³-hybridized carbons (Fsp3) is 0.619. The van der Waals surface area contributed by atoms with Crippen LogP contribution in [0.2, 0.25) is 0 Å². The molecule has 1 aliphatic heterocycles. The Morgan fingerprint density at radius 1 is 1.12 bits per heavy atom. The minimum atomic E-state index is -0.0781. The van der Waals surface area contributed by atoms with Crippen LogP contribution in [-0.4, -0.2) is 36.3 Å². The Labute approximate surface area is 156 Å². The fourth-order valence-corrected chi connectivity index (χ4v) is 4.42. The molecule has 0 unspecified atom stereocenters. The van der Waals surface area contributed by atoms with Gasteiger partial charge in [-0.3, -0.25) is 9.59 Å². The second kappa shape index (κ2) is 8.21. The molecule has 1 aliphatic carbocycles. The van der Waals surface area contributed by atoms with Gasteiger partial charge in [0.1, 0.15) is 0 Å². The number of carbonyl (C=O) groups is 2. The molecule has 1 aromatic rings. The largest absolute Gasteiger partial charge is 0.339 e. The molecular formula is C21H31N3O2. The highest BCUT2D eigenvalue weighted by Crippen LogP contribution is 2.38. The number of nitrogens with one attached hydrogen (secondary N) is 1. The van der Waals surface area contributed by atoms with Crippen LogP contribution in [0, 0.1) is 12.3 Å². The van der Waals surface area contributed by atoms with E-state index in [4.69, 9.17) is 5.73 Å². The Bertz CT molecular complexity index is 659. The quantitative estimate of drug-likeness (QED) is 0.847. The van der Waals surface area contributed by atoms with Crippen LogP contribution < -0.4 is 11.1 Å². The van der Waals surface area contributed by atoms with Crippen molar-refractivity contribution < 1.29 is 9.59 Å². The van der Waals surface area contributed by atoms with Crippen LogP contribution in [0.1, 0.15) is 67.3 Å². The number of nitrogens with two attached hydrogens (primary N) is 1. The Hall–Kier alpha value is -1.88. The summed E-state index contributed by atoms with van der Waals surface area (Å²) >= 11 is 0. The predicted molar refractivity (Wildman–Crippen MR) is 104 cm³/mol. The molecule has 2 aliphatic rings. The molecule has 0 aromatic heterocycles. The zero-order valence-electron chi connectivity index (χ0n) is 15.9. The number of benzene rings is 1. The first-order chi connectivity index (χ1) is 12.5. The third kappa shape index (κ3) is 4.09. The van der Waals surface area contributed by atoms with Gasteiger partial charge in [0.25, 0.3) is 5.91 Å². The van der Waals surface area contributed by atoms with Gasteiger partial charge in [-0.05, 0) is 56.2 Å². The normalized spacial score (nSPS) is 19.4. The molecule has 3 rings (SSSR count). The lowest BCUT2D eigenvalue weighted by molar-refractivity contribution is -0.118. The minimum absolute atomic E-state index is 0.0292. The molecule has 0 radical (unpaired) electrons. The summed E-state index contributed by atoms with van der Waals surface area (Å²) in [4.78, 5) is 27.6. The Morgan fingerprint density at radius 2 is 1.81 bits per heavy atom. The lowest BCUT2D eigenvalue weighted by atomic mass is 9.71. The molecule has 1 aromatic carbocycles. The fourth-order valence-electron chi connectivity index (χ4n) is 4.42. The summed E-state index contributed by atoms with van der Waals surface area (Å²) in [5, 5.41) is 3.02. The second-order valence-electron chi connectivity index (χ2n) is 7.99. The molecule has 5 nitrogen and oxygen atoms in total. The number of aryl methyl sites for hydroxylation is 1. The van der Waals surface area contributed by atoms with Gasteiger partial charge in [0.2, 0.25) is 5.91 Å². The van der Waals surface area contributed by atoms with E-state index in [0.717, 1.165) is 57.2 Å². The SMILES string of the molecule is Cc1cccc(NC(=O)CC2(CN)CCCCC2)c1C(=O)N1CCCC1. The number of amides is 2. The Kier molecular flexibility index (Phi) is 5.97. The smallest absolute Gasteiger partial charge is 0.256 e.